The van der Waals surface area contributed by atoms with Gasteiger partial charge in [0, 0.05) is 23.1 Å². The van der Waals surface area contributed by atoms with Crippen molar-refractivity contribution < 1.29 is 14.7 Å². The molecule has 0 saturated carbocycles. The Morgan fingerprint density at radius 2 is 2.11 bits per heavy atom. The van der Waals surface area contributed by atoms with E-state index in [0.717, 1.165) is 10.4 Å². The summed E-state index contributed by atoms with van der Waals surface area (Å²) in [6, 6.07) is 7.52. The molecule has 0 unspecified atom stereocenters. The third kappa shape index (κ3) is 3.89. The summed E-state index contributed by atoms with van der Waals surface area (Å²) in [4.78, 5) is 27.0. The van der Waals surface area contributed by atoms with Crippen LogP contribution in [-0.4, -0.2) is 22.0 Å². The molecule has 19 heavy (non-hydrogen) atoms. The number of aliphatic carboxylic acids is 1. The molecular weight excluding hydrogens is 264 g/mol. The van der Waals surface area contributed by atoms with E-state index in [4.69, 9.17) is 5.11 Å². The number of thiophene rings is 1. The highest BCUT2D eigenvalue weighted by atomic mass is 32.1. The number of amides is 1. The molecular formula is C13H12N2O3S. The van der Waals surface area contributed by atoms with Gasteiger partial charge in [0.25, 0.3) is 0 Å². The van der Waals surface area contributed by atoms with Crippen LogP contribution >= 0.6 is 11.3 Å². The van der Waals surface area contributed by atoms with Crippen LogP contribution in [0.25, 0.3) is 10.4 Å². The van der Waals surface area contributed by atoms with Crippen molar-refractivity contribution in [3.05, 3.63) is 35.8 Å². The van der Waals surface area contributed by atoms with E-state index >= 15 is 0 Å². The van der Waals surface area contributed by atoms with Crippen LogP contribution in [0.1, 0.15) is 12.8 Å². The average molecular weight is 276 g/mol. The fourth-order valence-electron chi connectivity index (χ4n) is 1.48. The van der Waals surface area contributed by atoms with Gasteiger partial charge in [0.15, 0.2) is 0 Å². The number of hydrogen-bond donors (Lipinski definition) is 2. The molecule has 2 aromatic rings. The quantitative estimate of drug-likeness (QED) is 0.879. The third-order valence-electron chi connectivity index (χ3n) is 2.40. The Morgan fingerprint density at radius 3 is 2.68 bits per heavy atom. The maximum Gasteiger partial charge on any atom is 0.303 e. The van der Waals surface area contributed by atoms with Gasteiger partial charge >= 0.3 is 5.97 Å². The Bertz CT molecular complexity index is 564. The van der Waals surface area contributed by atoms with Gasteiger partial charge in [0.1, 0.15) is 5.82 Å². The lowest BCUT2D eigenvalue weighted by Gasteiger charge is -2.04. The summed E-state index contributed by atoms with van der Waals surface area (Å²) < 4.78 is 0. The second-order valence-corrected chi connectivity index (χ2v) is 4.80. The standard InChI is InChI=1S/C13H12N2O3S/c16-12(5-6-13(17)18)15-11-4-3-9(8-14-11)10-2-1-7-19-10/h1-4,7-8H,5-6H2,(H,17,18)(H,14,15,16). The van der Waals surface area contributed by atoms with E-state index in [0.29, 0.717) is 5.82 Å². The molecule has 0 aliphatic carbocycles. The molecule has 2 rings (SSSR count). The molecule has 0 radical (unpaired) electrons. The van der Waals surface area contributed by atoms with Gasteiger partial charge in [-0.25, -0.2) is 4.98 Å². The predicted octanol–water partition coefficient (Wildman–Crippen LogP) is 2.61. The first kappa shape index (κ1) is 13.2. The Hall–Kier alpha value is -2.21. The first-order valence-electron chi connectivity index (χ1n) is 5.67. The highest BCUT2D eigenvalue weighted by Gasteiger charge is 2.06. The Labute approximate surface area is 113 Å². The fourth-order valence-corrected chi connectivity index (χ4v) is 2.20. The van der Waals surface area contributed by atoms with E-state index in [1.165, 1.54) is 0 Å². The van der Waals surface area contributed by atoms with Crippen molar-refractivity contribution in [3.63, 3.8) is 0 Å². The van der Waals surface area contributed by atoms with Crippen LogP contribution in [0.3, 0.4) is 0 Å². The molecule has 0 aliphatic heterocycles. The van der Waals surface area contributed by atoms with Crippen LogP contribution in [-0.2, 0) is 9.59 Å². The third-order valence-corrected chi connectivity index (χ3v) is 3.32. The molecule has 2 N–H and O–H groups in total. The van der Waals surface area contributed by atoms with Gasteiger partial charge in [-0.15, -0.1) is 11.3 Å². The SMILES string of the molecule is O=C(O)CCC(=O)Nc1ccc(-c2cccs2)cn1. The first-order valence-corrected chi connectivity index (χ1v) is 6.54. The normalized spacial score (nSPS) is 10.1. The monoisotopic (exact) mass is 276 g/mol. The van der Waals surface area contributed by atoms with Crippen LogP contribution in [0.2, 0.25) is 0 Å². The Kier molecular flexibility index (Phi) is 4.25. The van der Waals surface area contributed by atoms with Gasteiger partial charge in [0.05, 0.1) is 6.42 Å². The average Bonchev–Trinajstić information content (AvgIpc) is 2.91. The Morgan fingerprint density at radius 1 is 1.26 bits per heavy atom. The highest BCUT2D eigenvalue weighted by molar-refractivity contribution is 7.13. The maximum atomic E-state index is 11.4. The van der Waals surface area contributed by atoms with Crippen molar-refractivity contribution in [2.45, 2.75) is 12.8 Å². The lowest BCUT2D eigenvalue weighted by Crippen LogP contribution is -2.13. The molecule has 0 bridgehead atoms. The van der Waals surface area contributed by atoms with Crippen molar-refractivity contribution in [2.24, 2.45) is 0 Å². The summed E-state index contributed by atoms with van der Waals surface area (Å²) in [7, 11) is 0. The number of hydrogen-bond acceptors (Lipinski definition) is 4. The molecule has 0 aliphatic rings. The highest BCUT2D eigenvalue weighted by Crippen LogP contribution is 2.24. The summed E-state index contributed by atoms with van der Waals surface area (Å²) >= 11 is 1.61. The molecule has 1 amide bonds. The Balaban J connectivity index is 1.95. The number of carbonyl (C=O) groups excluding carboxylic acids is 1. The first-order chi connectivity index (χ1) is 9.15. The smallest absolute Gasteiger partial charge is 0.303 e. The predicted molar refractivity (Wildman–Crippen MR) is 73.0 cm³/mol. The van der Waals surface area contributed by atoms with Gasteiger partial charge in [-0.05, 0) is 23.6 Å². The van der Waals surface area contributed by atoms with Gasteiger partial charge in [-0.2, -0.15) is 0 Å². The summed E-state index contributed by atoms with van der Waals surface area (Å²) in [5.74, 6) is -0.911. The van der Waals surface area contributed by atoms with E-state index in [9.17, 15) is 9.59 Å². The summed E-state index contributed by atoms with van der Waals surface area (Å²) in [6.07, 6.45) is 1.45. The maximum absolute atomic E-state index is 11.4. The zero-order valence-electron chi connectivity index (χ0n) is 10.00. The van der Waals surface area contributed by atoms with E-state index < -0.39 is 5.97 Å². The number of carboxylic acid groups (broad SMARTS) is 1. The van der Waals surface area contributed by atoms with Crippen LogP contribution in [0.4, 0.5) is 5.82 Å². The van der Waals surface area contributed by atoms with E-state index in [2.05, 4.69) is 10.3 Å². The molecule has 0 fully saturated rings. The molecule has 2 aromatic heterocycles. The summed E-state index contributed by atoms with van der Waals surface area (Å²) in [5.41, 5.74) is 0.985. The summed E-state index contributed by atoms with van der Waals surface area (Å²) in [6.45, 7) is 0. The molecule has 0 spiro atoms. The number of pyridine rings is 1. The zero-order chi connectivity index (χ0) is 13.7. The molecule has 2 heterocycles. The number of carbonyl (C=O) groups is 2. The minimum atomic E-state index is -0.990. The van der Waals surface area contributed by atoms with Gasteiger partial charge < -0.3 is 10.4 Å². The molecule has 0 aromatic carbocycles. The van der Waals surface area contributed by atoms with Gasteiger partial charge in [0.2, 0.25) is 5.91 Å². The molecule has 0 atom stereocenters. The van der Waals surface area contributed by atoms with Crippen LogP contribution in [0.15, 0.2) is 35.8 Å². The van der Waals surface area contributed by atoms with Crippen molar-refractivity contribution in [2.75, 3.05) is 5.32 Å². The minimum Gasteiger partial charge on any atom is -0.481 e. The molecule has 5 nitrogen and oxygen atoms in total. The number of anilines is 1. The second-order valence-electron chi connectivity index (χ2n) is 3.85. The van der Waals surface area contributed by atoms with Crippen molar-refractivity contribution >= 4 is 29.0 Å². The zero-order valence-corrected chi connectivity index (χ0v) is 10.8. The molecule has 98 valence electrons. The lowest BCUT2D eigenvalue weighted by molar-refractivity contribution is -0.138. The van der Waals surface area contributed by atoms with Crippen LogP contribution < -0.4 is 5.32 Å². The second kappa shape index (κ2) is 6.10. The van der Waals surface area contributed by atoms with E-state index in [1.54, 1.807) is 23.6 Å². The van der Waals surface area contributed by atoms with Gasteiger partial charge in [-0.1, -0.05) is 6.07 Å². The van der Waals surface area contributed by atoms with Crippen LogP contribution in [0, 0.1) is 0 Å². The van der Waals surface area contributed by atoms with Crippen molar-refractivity contribution in [1.82, 2.24) is 4.98 Å². The number of rotatable bonds is 5. The van der Waals surface area contributed by atoms with Crippen molar-refractivity contribution in [3.8, 4) is 10.4 Å². The number of nitrogens with zero attached hydrogens (tertiary/aromatic N) is 1. The number of aromatic nitrogens is 1. The topological polar surface area (TPSA) is 79.3 Å². The lowest BCUT2D eigenvalue weighted by atomic mass is 10.2. The summed E-state index contributed by atoms with van der Waals surface area (Å²) in [5, 5.41) is 13.0. The van der Waals surface area contributed by atoms with Crippen LogP contribution in [0.5, 0.6) is 0 Å². The van der Waals surface area contributed by atoms with Gasteiger partial charge in [-0.3, -0.25) is 9.59 Å². The minimum absolute atomic E-state index is 0.0519. The molecule has 0 saturated heterocycles. The largest absolute Gasteiger partial charge is 0.481 e. The number of nitrogens with one attached hydrogen (secondary N) is 1. The fraction of sp³-hybridized carbons (Fsp3) is 0.154. The van der Waals surface area contributed by atoms with Crippen molar-refractivity contribution in [1.29, 1.82) is 0 Å². The van der Waals surface area contributed by atoms with E-state index in [-0.39, 0.29) is 18.7 Å². The molecule has 6 heteroatoms. The number of carboxylic acids is 1. The van der Waals surface area contributed by atoms with E-state index in [1.807, 2.05) is 23.6 Å².